The molecule has 0 aliphatic heterocycles. The van der Waals surface area contributed by atoms with Crippen LogP contribution in [-0.2, 0) is 13.0 Å². The molecule has 0 spiro atoms. The molecule has 4 nitrogen and oxygen atoms in total. The van der Waals surface area contributed by atoms with Crippen LogP contribution in [0.4, 0.5) is 5.82 Å². The van der Waals surface area contributed by atoms with Crippen molar-refractivity contribution in [2.45, 2.75) is 19.9 Å². The summed E-state index contributed by atoms with van der Waals surface area (Å²) < 4.78 is 1.85. The Hall–Kier alpha value is -2.08. The van der Waals surface area contributed by atoms with Gasteiger partial charge in [0.1, 0.15) is 0 Å². The number of thiocarbonyl (C=S) groups is 1. The van der Waals surface area contributed by atoms with Gasteiger partial charge in [-0.1, -0.05) is 59.6 Å². The van der Waals surface area contributed by atoms with Gasteiger partial charge in [-0.25, -0.2) is 0 Å². The minimum Gasteiger partial charge on any atom is -0.362 e. The summed E-state index contributed by atoms with van der Waals surface area (Å²) in [6.07, 6.45) is 0.904. The highest BCUT2D eigenvalue weighted by Gasteiger charge is 2.11. The van der Waals surface area contributed by atoms with Gasteiger partial charge in [0.2, 0.25) is 0 Å². The van der Waals surface area contributed by atoms with E-state index in [4.69, 9.17) is 35.4 Å². The van der Waals surface area contributed by atoms with Gasteiger partial charge in [0.05, 0.1) is 6.54 Å². The first kappa shape index (κ1) is 19.7. The molecule has 0 atom stereocenters. The van der Waals surface area contributed by atoms with Crippen LogP contribution >= 0.6 is 35.4 Å². The molecular weight excluding hydrogens is 399 g/mol. The van der Waals surface area contributed by atoms with E-state index in [1.807, 2.05) is 54.1 Å². The maximum absolute atomic E-state index is 6.26. The molecule has 3 aromatic rings. The van der Waals surface area contributed by atoms with E-state index in [2.05, 4.69) is 27.9 Å². The summed E-state index contributed by atoms with van der Waals surface area (Å²) in [5.41, 5.74) is 3.10. The van der Waals surface area contributed by atoms with E-state index in [1.54, 1.807) is 0 Å². The number of nitrogens with one attached hydrogen (secondary N) is 2. The van der Waals surface area contributed by atoms with Crippen LogP contribution in [0.2, 0.25) is 10.0 Å². The number of aryl methyl sites for hydroxylation is 1. The van der Waals surface area contributed by atoms with Gasteiger partial charge in [0.25, 0.3) is 0 Å². The second kappa shape index (κ2) is 9.22. The molecule has 0 saturated heterocycles. The summed E-state index contributed by atoms with van der Waals surface area (Å²) in [5.74, 6) is 0.688. The standard InChI is InChI=1S/C20H20Cl2N4S/c1-14-12-19(24-20(27)23-11-10-15-6-3-2-4-7-15)25-26(14)13-16-17(21)8-5-9-18(16)22/h2-9,12H,10-11,13H2,1H3,(H2,23,24,25,27). The Morgan fingerprint density at radius 1 is 1.07 bits per heavy atom. The Balaban J connectivity index is 1.57. The largest absolute Gasteiger partial charge is 0.362 e. The van der Waals surface area contributed by atoms with E-state index in [-0.39, 0.29) is 0 Å². The van der Waals surface area contributed by atoms with E-state index >= 15 is 0 Å². The zero-order valence-corrected chi connectivity index (χ0v) is 17.2. The normalized spacial score (nSPS) is 10.6. The number of halogens is 2. The molecule has 1 aromatic heterocycles. The lowest BCUT2D eigenvalue weighted by molar-refractivity contribution is 0.668. The Labute approximate surface area is 174 Å². The van der Waals surface area contributed by atoms with Crippen LogP contribution in [0.3, 0.4) is 0 Å². The Bertz CT molecular complexity index is 905. The number of nitrogens with zero attached hydrogens (tertiary/aromatic N) is 2. The fraction of sp³-hybridized carbons (Fsp3) is 0.200. The molecule has 1 heterocycles. The van der Waals surface area contributed by atoms with Crippen LogP contribution in [-0.4, -0.2) is 21.4 Å². The van der Waals surface area contributed by atoms with Crippen LogP contribution in [0.25, 0.3) is 0 Å². The second-order valence-electron chi connectivity index (χ2n) is 6.15. The smallest absolute Gasteiger partial charge is 0.172 e. The molecule has 0 radical (unpaired) electrons. The van der Waals surface area contributed by atoms with Gasteiger partial charge in [-0.2, -0.15) is 5.10 Å². The predicted molar refractivity (Wildman–Crippen MR) is 117 cm³/mol. The van der Waals surface area contributed by atoms with Crippen molar-refractivity contribution in [2.75, 3.05) is 11.9 Å². The Morgan fingerprint density at radius 3 is 2.48 bits per heavy atom. The van der Waals surface area contributed by atoms with Crippen molar-refractivity contribution in [1.29, 1.82) is 0 Å². The summed E-state index contributed by atoms with van der Waals surface area (Å²) in [5, 5.41) is 12.7. The van der Waals surface area contributed by atoms with Crippen molar-refractivity contribution in [3.63, 3.8) is 0 Å². The number of anilines is 1. The van der Waals surface area contributed by atoms with Gasteiger partial charge in [-0.15, -0.1) is 0 Å². The molecular formula is C20H20Cl2N4S. The number of benzene rings is 2. The zero-order valence-electron chi connectivity index (χ0n) is 14.9. The predicted octanol–water partition coefficient (Wildman–Crippen LogP) is 5.08. The highest BCUT2D eigenvalue weighted by atomic mass is 35.5. The first-order valence-electron chi connectivity index (χ1n) is 8.59. The van der Waals surface area contributed by atoms with E-state index in [9.17, 15) is 0 Å². The summed E-state index contributed by atoms with van der Waals surface area (Å²) in [4.78, 5) is 0. The van der Waals surface area contributed by atoms with Crippen molar-refractivity contribution < 1.29 is 0 Å². The van der Waals surface area contributed by atoms with Crippen molar-refractivity contribution >= 4 is 46.4 Å². The van der Waals surface area contributed by atoms with Crippen LogP contribution in [0.5, 0.6) is 0 Å². The number of aromatic nitrogens is 2. The Kier molecular flexibility index (Phi) is 6.72. The molecule has 27 heavy (non-hydrogen) atoms. The maximum atomic E-state index is 6.26. The van der Waals surface area contributed by atoms with Gasteiger partial charge >= 0.3 is 0 Å². The first-order chi connectivity index (χ1) is 13.0. The number of hydrogen-bond acceptors (Lipinski definition) is 2. The van der Waals surface area contributed by atoms with Gasteiger partial charge in [-0.05, 0) is 43.3 Å². The fourth-order valence-corrected chi connectivity index (χ4v) is 3.41. The minimum atomic E-state index is 0.500. The van der Waals surface area contributed by atoms with Gasteiger partial charge in [0.15, 0.2) is 10.9 Å². The molecule has 0 amide bonds. The van der Waals surface area contributed by atoms with Crippen LogP contribution in [0.15, 0.2) is 54.6 Å². The lowest BCUT2D eigenvalue weighted by Crippen LogP contribution is -2.30. The average molecular weight is 419 g/mol. The third-order valence-corrected chi connectivity index (χ3v) is 5.09. The highest BCUT2D eigenvalue weighted by Crippen LogP contribution is 2.25. The molecule has 0 fully saturated rings. The van der Waals surface area contributed by atoms with Crippen LogP contribution in [0, 0.1) is 6.92 Å². The van der Waals surface area contributed by atoms with Gasteiger partial charge in [0, 0.05) is 33.9 Å². The monoisotopic (exact) mass is 418 g/mol. The van der Waals surface area contributed by atoms with Crippen LogP contribution in [0.1, 0.15) is 16.8 Å². The molecule has 3 rings (SSSR count). The Morgan fingerprint density at radius 2 is 1.78 bits per heavy atom. The van der Waals surface area contributed by atoms with Crippen molar-refractivity contribution in [3.8, 4) is 0 Å². The summed E-state index contributed by atoms with van der Waals surface area (Å²) in [7, 11) is 0. The van der Waals surface area contributed by atoms with E-state index in [0.717, 1.165) is 24.2 Å². The zero-order chi connectivity index (χ0) is 19.2. The lowest BCUT2D eigenvalue weighted by Gasteiger charge is -2.09. The average Bonchev–Trinajstić information content (AvgIpc) is 2.98. The molecule has 2 aromatic carbocycles. The van der Waals surface area contributed by atoms with Crippen molar-refractivity contribution in [3.05, 3.63) is 81.5 Å². The van der Waals surface area contributed by atoms with Gasteiger partial charge in [-0.3, -0.25) is 4.68 Å². The first-order valence-corrected chi connectivity index (χ1v) is 9.75. The summed E-state index contributed by atoms with van der Waals surface area (Å²) in [6, 6.07) is 17.7. The lowest BCUT2D eigenvalue weighted by atomic mass is 10.1. The minimum absolute atomic E-state index is 0.500. The second-order valence-corrected chi connectivity index (χ2v) is 7.37. The third kappa shape index (κ3) is 5.45. The third-order valence-electron chi connectivity index (χ3n) is 4.13. The molecule has 0 aliphatic rings. The fourth-order valence-electron chi connectivity index (χ4n) is 2.69. The number of rotatable bonds is 6. The molecule has 0 saturated carbocycles. The molecule has 0 bridgehead atoms. The van der Waals surface area contributed by atoms with E-state index < -0.39 is 0 Å². The van der Waals surface area contributed by atoms with Crippen LogP contribution < -0.4 is 10.6 Å². The SMILES string of the molecule is Cc1cc(NC(=S)NCCc2ccccc2)nn1Cc1c(Cl)cccc1Cl. The highest BCUT2D eigenvalue weighted by molar-refractivity contribution is 7.80. The maximum Gasteiger partial charge on any atom is 0.172 e. The molecule has 140 valence electrons. The van der Waals surface area contributed by atoms with Crippen molar-refractivity contribution in [1.82, 2.24) is 15.1 Å². The van der Waals surface area contributed by atoms with E-state index in [0.29, 0.717) is 27.5 Å². The van der Waals surface area contributed by atoms with Crippen molar-refractivity contribution in [2.24, 2.45) is 0 Å². The molecule has 7 heteroatoms. The van der Waals surface area contributed by atoms with E-state index in [1.165, 1.54) is 5.56 Å². The quantitative estimate of drug-likeness (QED) is 0.547. The van der Waals surface area contributed by atoms with Gasteiger partial charge < -0.3 is 10.6 Å². The summed E-state index contributed by atoms with van der Waals surface area (Å²) >= 11 is 17.9. The topological polar surface area (TPSA) is 41.9 Å². The molecule has 0 aliphatic carbocycles. The molecule has 2 N–H and O–H groups in total. The molecule has 0 unspecified atom stereocenters. The number of hydrogen-bond donors (Lipinski definition) is 2. The summed E-state index contributed by atoms with van der Waals surface area (Å²) in [6.45, 7) is 3.24.